The average molecular weight is 350 g/mol. The number of benzene rings is 1. The van der Waals surface area contributed by atoms with Crippen LogP contribution in [0.15, 0.2) is 47.0 Å². The second-order valence-electron chi connectivity index (χ2n) is 4.59. The van der Waals surface area contributed by atoms with Gasteiger partial charge in [-0.2, -0.15) is 0 Å². The summed E-state index contributed by atoms with van der Waals surface area (Å²) in [5.41, 5.74) is 1.55. The molecule has 1 aromatic carbocycles. The highest BCUT2D eigenvalue weighted by molar-refractivity contribution is 7.17. The Bertz CT molecular complexity index is 810. The number of hydrogen-bond donors (Lipinski definition) is 0. The van der Waals surface area contributed by atoms with E-state index in [4.69, 9.17) is 25.6 Å². The second-order valence-corrected chi connectivity index (χ2v) is 6.30. The van der Waals surface area contributed by atoms with Gasteiger partial charge in [-0.1, -0.05) is 16.8 Å². The van der Waals surface area contributed by atoms with E-state index < -0.39 is 5.97 Å². The molecule has 0 radical (unpaired) electrons. The van der Waals surface area contributed by atoms with E-state index in [2.05, 4.69) is 5.16 Å². The van der Waals surface area contributed by atoms with Gasteiger partial charge in [-0.15, -0.1) is 11.3 Å². The molecule has 0 spiro atoms. The highest BCUT2D eigenvalue weighted by atomic mass is 35.5. The van der Waals surface area contributed by atoms with Gasteiger partial charge in [0.15, 0.2) is 12.4 Å². The Morgan fingerprint density at radius 2 is 2.04 bits per heavy atom. The quantitative estimate of drug-likeness (QED) is 0.638. The van der Waals surface area contributed by atoms with Crippen molar-refractivity contribution in [1.29, 1.82) is 0 Å². The molecule has 23 heavy (non-hydrogen) atoms. The minimum absolute atomic E-state index is 0.0114. The molecule has 0 aliphatic heterocycles. The van der Waals surface area contributed by atoms with Crippen molar-refractivity contribution in [3.8, 4) is 17.0 Å². The normalized spacial score (nSPS) is 10.5. The SMILES string of the molecule is COc1ccc(-c2cc(COC(=O)c3ccc(Cl)s3)on2)cc1. The van der Waals surface area contributed by atoms with Crippen LogP contribution in [0.2, 0.25) is 4.34 Å². The van der Waals surface area contributed by atoms with Gasteiger partial charge in [-0.3, -0.25) is 0 Å². The van der Waals surface area contributed by atoms with Gasteiger partial charge < -0.3 is 14.0 Å². The predicted octanol–water partition coefficient (Wildman–Crippen LogP) is 4.42. The maximum Gasteiger partial charge on any atom is 0.348 e. The molecule has 0 N–H and O–H groups in total. The van der Waals surface area contributed by atoms with E-state index in [0.29, 0.717) is 20.7 Å². The summed E-state index contributed by atoms with van der Waals surface area (Å²) in [6, 6.07) is 12.4. The molecular formula is C16H12ClNO4S. The molecule has 3 aromatic rings. The second kappa shape index (κ2) is 6.85. The number of halogens is 1. The van der Waals surface area contributed by atoms with Crippen LogP contribution in [0.1, 0.15) is 15.4 Å². The fraction of sp³-hybridized carbons (Fsp3) is 0.125. The number of ether oxygens (including phenoxy) is 2. The van der Waals surface area contributed by atoms with Crippen LogP contribution in [0.5, 0.6) is 5.75 Å². The monoisotopic (exact) mass is 349 g/mol. The lowest BCUT2D eigenvalue weighted by molar-refractivity contribution is 0.0443. The van der Waals surface area contributed by atoms with Crippen LogP contribution in [-0.4, -0.2) is 18.2 Å². The maximum absolute atomic E-state index is 11.8. The maximum atomic E-state index is 11.8. The van der Waals surface area contributed by atoms with Gasteiger partial charge in [0.25, 0.3) is 0 Å². The molecule has 0 fully saturated rings. The van der Waals surface area contributed by atoms with Gasteiger partial charge >= 0.3 is 5.97 Å². The summed E-state index contributed by atoms with van der Waals surface area (Å²) in [6.45, 7) is 0.0114. The van der Waals surface area contributed by atoms with Gasteiger partial charge in [0.2, 0.25) is 0 Å². The third kappa shape index (κ3) is 3.72. The molecule has 5 nitrogen and oxygen atoms in total. The van der Waals surface area contributed by atoms with Gasteiger partial charge in [-0.05, 0) is 36.4 Å². The molecule has 0 aliphatic carbocycles. The lowest BCUT2D eigenvalue weighted by atomic mass is 10.1. The van der Waals surface area contributed by atoms with E-state index in [1.807, 2.05) is 24.3 Å². The smallest absolute Gasteiger partial charge is 0.348 e. The summed E-state index contributed by atoms with van der Waals surface area (Å²) < 4.78 is 16.0. The van der Waals surface area contributed by atoms with Gasteiger partial charge in [0.1, 0.15) is 16.3 Å². The molecule has 2 heterocycles. The minimum Gasteiger partial charge on any atom is -0.497 e. The van der Waals surface area contributed by atoms with Crippen LogP contribution in [0.3, 0.4) is 0 Å². The lowest BCUT2D eigenvalue weighted by Gasteiger charge is -1.99. The number of rotatable bonds is 5. The average Bonchev–Trinajstić information content (AvgIpc) is 3.22. The number of carbonyl (C=O) groups is 1. The van der Waals surface area contributed by atoms with Gasteiger partial charge in [0, 0.05) is 11.6 Å². The number of thiophene rings is 1. The number of esters is 1. The van der Waals surface area contributed by atoms with Crippen LogP contribution in [0.25, 0.3) is 11.3 Å². The fourth-order valence-electron chi connectivity index (χ4n) is 1.91. The first-order valence-corrected chi connectivity index (χ1v) is 7.87. The first kappa shape index (κ1) is 15.6. The molecule has 0 saturated carbocycles. The zero-order valence-electron chi connectivity index (χ0n) is 12.1. The molecule has 3 rings (SSSR count). The highest BCUT2D eigenvalue weighted by Crippen LogP contribution is 2.24. The third-order valence-electron chi connectivity index (χ3n) is 3.06. The molecule has 0 amide bonds. The number of hydrogen-bond acceptors (Lipinski definition) is 6. The summed E-state index contributed by atoms with van der Waals surface area (Å²) in [5.74, 6) is 0.789. The summed E-state index contributed by atoms with van der Waals surface area (Å²) >= 11 is 6.96. The van der Waals surface area contributed by atoms with E-state index in [1.54, 1.807) is 25.3 Å². The van der Waals surface area contributed by atoms with Crippen molar-refractivity contribution in [2.75, 3.05) is 7.11 Å². The standard InChI is InChI=1S/C16H12ClNO4S/c1-20-11-4-2-10(3-5-11)13-8-12(22-18-13)9-21-16(19)14-6-7-15(17)23-14/h2-8H,9H2,1H3. The lowest BCUT2D eigenvalue weighted by Crippen LogP contribution is -2.02. The van der Waals surface area contributed by atoms with E-state index in [9.17, 15) is 4.79 Å². The molecule has 0 saturated heterocycles. The highest BCUT2D eigenvalue weighted by Gasteiger charge is 2.13. The van der Waals surface area contributed by atoms with E-state index >= 15 is 0 Å². The first-order chi connectivity index (χ1) is 11.2. The zero-order chi connectivity index (χ0) is 16.2. The topological polar surface area (TPSA) is 61.6 Å². The fourth-order valence-corrected chi connectivity index (χ4v) is 2.85. The first-order valence-electron chi connectivity index (χ1n) is 6.68. The van der Waals surface area contributed by atoms with Crippen molar-refractivity contribution in [2.45, 2.75) is 6.61 Å². The van der Waals surface area contributed by atoms with Crippen molar-refractivity contribution < 1.29 is 18.8 Å². The molecule has 0 unspecified atom stereocenters. The summed E-state index contributed by atoms with van der Waals surface area (Å²) in [7, 11) is 1.61. The minimum atomic E-state index is -0.440. The predicted molar refractivity (Wildman–Crippen MR) is 86.9 cm³/mol. The summed E-state index contributed by atoms with van der Waals surface area (Å²) in [5, 5.41) is 3.97. The summed E-state index contributed by atoms with van der Waals surface area (Å²) in [4.78, 5) is 12.3. The molecule has 7 heteroatoms. The molecule has 2 aromatic heterocycles. The molecule has 0 atom stereocenters. The van der Waals surface area contributed by atoms with Crippen molar-refractivity contribution in [1.82, 2.24) is 5.16 Å². The summed E-state index contributed by atoms with van der Waals surface area (Å²) in [6.07, 6.45) is 0. The number of nitrogens with zero attached hydrogens (tertiary/aromatic N) is 1. The van der Waals surface area contributed by atoms with Crippen LogP contribution < -0.4 is 4.74 Å². The molecular weight excluding hydrogens is 338 g/mol. The Morgan fingerprint density at radius 1 is 1.26 bits per heavy atom. The number of aromatic nitrogens is 1. The van der Waals surface area contributed by atoms with E-state index in [-0.39, 0.29) is 6.61 Å². The third-order valence-corrected chi connectivity index (χ3v) is 4.28. The Balaban J connectivity index is 1.63. The van der Waals surface area contributed by atoms with Crippen molar-refractivity contribution in [3.63, 3.8) is 0 Å². The van der Waals surface area contributed by atoms with E-state index in [1.165, 1.54) is 11.3 Å². The molecule has 0 bridgehead atoms. The number of methoxy groups -OCH3 is 1. The van der Waals surface area contributed by atoms with Crippen molar-refractivity contribution >= 4 is 28.9 Å². The van der Waals surface area contributed by atoms with Crippen molar-refractivity contribution in [3.05, 3.63) is 57.4 Å². The Kier molecular flexibility index (Phi) is 4.64. The molecule has 0 aliphatic rings. The van der Waals surface area contributed by atoms with Crippen LogP contribution in [0, 0.1) is 0 Å². The zero-order valence-corrected chi connectivity index (χ0v) is 13.7. The molecule has 118 valence electrons. The van der Waals surface area contributed by atoms with Crippen LogP contribution in [-0.2, 0) is 11.3 Å². The Morgan fingerprint density at radius 3 is 2.70 bits per heavy atom. The van der Waals surface area contributed by atoms with Crippen LogP contribution >= 0.6 is 22.9 Å². The van der Waals surface area contributed by atoms with Gasteiger partial charge in [0.05, 0.1) is 11.4 Å². The number of carbonyl (C=O) groups excluding carboxylic acids is 1. The Labute approximate surface area is 141 Å². The van der Waals surface area contributed by atoms with Crippen molar-refractivity contribution in [2.24, 2.45) is 0 Å². The van der Waals surface area contributed by atoms with Gasteiger partial charge in [-0.25, -0.2) is 4.79 Å². The Hall–Kier alpha value is -2.31. The van der Waals surface area contributed by atoms with E-state index in [0.717, 1.165) is 11.3 Å². The van der Waals surface area contributed by atoms with Crippen LogP contribution in [0.4, 0.5) is 0 Å². The largest absolute Gasteiger partial charge is 0.497 e.